The van der Waals surface area contributed by atoms with E-state index in [0.717, 1.165) is 13.8 Å². The Bertz CT molecular complexity index is 230. The van der Waals surface area contributed by atoms with Crippen LogP contribution in [0.4, 0.5) is 13.2 Å². The number of halogens is 3. The molecule has 0 radical (unpaired) electrons. The van der Waals surface area contributed by atoms with Gasteiger partial charge in [-0.1, -0.05) is 11.8 Å². The molecule has 0 N–H and O–H groups in total. The minimum absolute atomic E-state index is 0.0155. The molecule has 0 aromatic rings. The first kappa shape index (κ1) is 13.3. The summed E-state index contributed by atoms with van der Waals surface area (Å²) in [6.07, 6.45) is -4.31. The zero-order chi connectivity index (χ0) is 11.4. The van der Waals surface area contributed by atoms with Crippen LogP contribution >= 0.6 is 0 Å². The van der Waals surface area contributed by atoms with Gasteiger partial charge in [0, 0.05) is 0 Å². The molecule has 0 bridgehead atoms. The normalized spacial score (nSPS) is 12.6. The Hall–Kier alpha value is -0.690. The van der Waals surface area contributed by atoms with Gasteiger partial charge in [-0.3, -0.25) is 0 Å². The van der Waals surface area contributed by atoms with Gasteiger partial charge >= 0.3 is 6.18 Å². The Balaban J connectivity index is 4.21. The van der Waals surface area contributed by atoms with Gasteiger partial charge in [-0.05, 0) is 27.7 Å². The number of hydrogen-bond donors (Lipinski definition) is 0. The van der Waals surface area contributed by atoms with Crippen LogP contribution < -0.4 is 0 Å². The standard InChI is InChI=1S/C10H15F3O/c1-8(2)14-7-5-6-9(3,4)10(11,12)13/h8H,7H2,1-4H3. The van der Waals surface area contributed by atoms with Gasteiger partial charge in [0.1, 0.15) is 12.0 Å². The van der Waals surface area contributed by atoms with E-state index in [2.05, 4.69) is 11.8 Å². The minimum Gasteiger partial charge on any atom is -0.366 e. The molecule has 82 valence electrons. The van der Waals surface area contributed by atoms with Gasteiger partial charge in [-0.25, -0.2) is 0 Å². The lowest BCUT2D eigenvalue weighted by molar-refractivity contribution is -0.190. The third kappa shape index (κ3) is 4.52. The lowest BCUT2D eigenvalue weighted by atomic mass is 9.94. The smallest absolute Gasteiger partial charge is 0.366 e. The zero-order valence-corrected chi connectivity index (χ0v) is 8.83. The Kier molecular flexibility index (Phi) is 4.47. The van der Waals surface area contributed by atoms with E-state index in [1.165, 1.54) is 0 Å². The van der Waals surface area contributed by atoms with Crippen molar-refractivity contribution < 1.29 is 17.9 Å². The molecule has 0 atom stereocenters. The monoisotopic (exact) mass is 208 g/mol. The summed E-state index contributed by atoms with van der Waals surface area (Å²) in [5.41, 5.74) is -1.96. The summed E-state index contributed by atoms with van der Waals surface area (Å²) in [6, 6.07) is 0. The highest BCUT2D eigenvalue weighted by Crippen LogP contribution is 2.36. The van der Waals surface area contributed by atoms with Crippen LogP contribution in [0.25, 0.3) is 0 Å². The average Bonchev–Trinajstić information content (AvgIpc) is 1.95. The third-order valence-electron chi connectivity index (χ3n) is 1.60. The number of alkyl halides is 3. The first-order chi connectivity index (χ1) is 6.17. The van der Waals surface area contributed by atoms with E-state index < -0.39 is 11.6 Å². The first-order valence-corrected chi connectivity index (χ1v) is 4.35. The van der Waals surface area contributed by atoms with E-state index in [0.29, 0.717) is 0 Å². The Morgan fingerprint density at radius 3 is 2.07 bits per heavy atom. The van der Waals surface area contributed by atoms with Crippen molar-refractivity contribution in [2.45, 2.75) is 40.0 Å². The van der Waals surface area contributed by atoms with Crippen LogP contribution in [0.3, 0.4) is 0 Å². The zero-order valence-electron chi connectivity index (χ0n) is 8.83. The molecule has 0 aromatic carbocycles. The molecule has 0 aromatic heterocycles. The summed E-state index contributed by atoms with van der Waals surface area (Å²) in [5.74, 6) is 4.53. The molecule has 0 unspecified atom stereocenters. The van der Waals surface area contributed by atoms with Crippen molar-refractivity contribution in [1.82, 2.24) is 0 Å². The van der Waals surface area contributed by atoms with Crippen molar-refractivity contribution in [1.29, 1.82) is 0 Å². The molecule has 0 spiro atoms. The van der Waals surface area contributed by atoms with E-state index in [-0.39, 0.29) is 12.7 Å². The van der Waals surface area contributed by atoms with Gasteiger partial charge in [0.15, 0.2) is 0 Å². The fraction of sp³-hybridized carbons (Fsp3) is 0.800. The summed E-state index contributed by atoms with van der Waals surface area (Å²) in [7, 11) is 0. The van der Waals surface area contributed by atoms with Crippen molar-refractivity contribution in [2.24, 2.45) is 5.41 Å². The molecule has 0 aliphatic rings. The van der Waals surface area contributed by atoms with E-state index in [1.807, 2.05) is 0 Å². The quantitative estimate of drug-likeness (QED) is 0.634. The number of rotatable bonds is 2. The van der Waals surface area contributed by atoms with Crippen LogP contribution in [0.2, 0.25) is 0 Å². The Labute approximate surface area is 82.6 Å². The maximum Gasteiger partial charge on any atom is 0.404 e. The van der Waals surface area contributed by atoms with Crippen LogP contribution in [0.5, 0.6) is 0 Å². The second-order valence-corrected chi connectivity index (χ2v) is 3.78. The maximum atomic E-state index is 12.3. The Morgan fingerprint density at radius 1 is 1.21 bits per heavy atom. The first-order valence-electron chi connectivity index (χ1n) is 4.35. The van der Waals surface area contributed by atoms with Gasteiger partial charge in [-0.2, -0.15) is 13.2 Å². The van der Waals surface area contributed by atoms with Gasteiger partial charge in [0.2, 0.25) is 0 Å². The van der Waals surface area contributed by atoms with Gasteiger partial charge in [0.05, 0.1) is 6.10 Å². The Morgan fingerprint density at radius 2 is 1.71 bits per heavy atom. The maximum absolute atomic E-state index is 12.3. The van der Waals surface area contributed by atoms with Crippen LogP contribution in [0.15, 0.2) is 0 Å². The fourth-order valence-electron chi connectivity index (χ4n) is 0.536. The molecule has 0 amide bonds. The molecule has 1 nitrogen and oxygen atoms in total. The van der Waals surface area contributed by atoms with Crippen LogP contribution in [-0.4, -0.2) is 18.9 Å². The molecule has 0 aliphatic heterocycles. The molecule has 0 heterocycles. The molecule has 0 rings (SSSR count). The minimum atomic E-state index is -4.29. The van der Waals surface area contributed by atoms with Gasteiger partial charge in [0.25, 0.3) is 0 Å². The lowest BCUT2D eigenvalue weighted by Gasteiger charge is -2.21. The summed E-state index contributed by atoms with van der Waals surface area (Å²) >= 11 is 0. The third-order valence-corrected chi connectivity index (χ3v) is 1.60. The van der Waals surface area contributed by atoms with Crippen LogP contribution in [-0.2, 0) is 4.74 Å². The molecular weight excluding hydrogens is 193 g/mol. The van der Waals surface area contributed by atoms with Crippen molar-refractivity contribution >= 4 is 0 Å². The van der Waals surface area contributed by atoms with E-state index >= 15 is 0 Å². The van der Waals surface area contributed by atoms with Gasteiger partial charge in [-0.15, -0.1) is 0 Å². The topological polar surface area (TPSA) is 9.23 Å². The van der Waals surface area contributed by atoms with E-state index in [9.17, 15) is 13.2 Å². The van der Waals surface area contributed by atoms with Crippen molar-refractivity contribution in [2.75, 3.05) is 6.61 Å². The van der Waals surface area contributed by atoms with Crippen molar-refractivity contribution in [3.8, 4) is 11.8 Å². The predicted octanol–water partition coefficient (Wildman–Crippen LogP) is 3.00. The van der Waals surface area contributed by atoms with Crippen molar-refractivity contribution in [3.63, 3.8) is 0 Å². The summed E-state index contributed by atoms with van der Waals surface area (Å²) < 4.78 is 41.8. The van der Waals surface area contributed by atoms with Gasteiger partial charge < -0.3 is 4.74 Å². The molecule has 0 saturated heterocycles. The molecular formula is C10H15F3O. The van der Waals surface area contributed by atoms with Crippen molar-refractivity contribution in [3.05, 3.63) is 0 Å². The van der Waals surface area contributed by atoms with E-state index in [1.54, 1.807) is 13.8 Å². The molecule has 0 saturated carbocycles. The fourth-order valence-corrected chi connectivity index (χ4v) is 0.536. The summed E-state index contributed by atoms with van der Waals surface area (Å²) in [4.78, 5) is 0. The summed E-state index contributed by atoms with van der Waals surface area (Å²) in [6.45, 7) is 5.75. The molecule has 4 heteroatoms. The highest BCUT2D eigenvalue weighted by atomic mass is 19.4. The van der Waals surface area contributed by atoms with E-state index in [4.69, 9.17) is 4.74 Å². The second kappa shape index (κ2) is 4.70. The average molecular weight is 208 g/mol. The summed E-state index contributed by atoms with van der Waals surface area (Å²) in [5, 5.41) is 0. The number of hydrogen-bond acceptors (Lipinski definition) is 1. The number of ether oxygens (including phenoxy) is 1. The van der Waals surface area contributed by atoms with Crippen LogP contribution in [0.1, 0.15) is 27.7 Å². The molecule has 0 aliphatic carbocycles. The highest BCUT2D eigenvalue weighted by molar-refractivity contribution is 5.12. The predicted molar refractivity (Wildman–Crippen MR) is 48.7 cm³/mol. The SMILES string of the molecule is CC(C)OCC#CC(C)(C)C(F)(F)F. The molecule has 14 heavy (non-hydrogen) atoms. The second-order valence-electron chi connectivity index (χ2n) is 3.78. The highest BCUT2D eigenvalue weighted by Gasteiger charge is 2.46. The lowest BCUT2D eigenvalue weighted by Crippen LogP contribution is -2.30. The van der Waals surface area contributed by atoms with Crippen LogP contribution in [0, 0.1) is 17.3 Å². The molecule has 0 fully saturated rings. The largest absolute Gasteiger partial charge is 0.404 e.